The van der Waals surface area contributed by atoms with Gasteiger partial charge in [-0.05, 0) is 55.3 Å². The standard InChI is InChI=1S/C31H37N3O7S/c1-4-5-16-32-31(36)23(2)33(21-24-10-9-11-26(19-24)39-3)30(35)22-34(42(37,38)27-12-7-6-8-13-27)25-14-15-28-29(20-25)41-18-17-40-28/h6-15,19-20,23H,4-5,16-18,21-22H2,1-3H3,(H,32,36). The van der Waals surface area contributed by atoms with Crippen molar-refractivity contribution < 1.29 is 32.2 Å². The minimum Gasteiger partial charge on any atom is -0.497 e. The predicted octanol–water partition coefficient (Wildman–Crippen LogP) is 4.00. The van der Waals surface area contributed by atoms with Crippen LogP contribution in [0.1, 0.15) is 32.3 Å². The molecule has 10 nitrogen and oxygen atoms in total. The van der Waals surface area contributed by atoms with Crippen LogP contribution in [0, 0.1) is 0 Å². The molecular weight excluding hydrogens is 558 g/mol. The van der Waals surface area contributed by atoms with E-state index in [1.165, 1.54) is 17.0 Å². The third-order valence-corrected chi connectivity index (χ3v) is 8.70. The molecule has 0 saturated heterocycles. The fraction of sp³-hybridized carbons (Fsp3) is 0.355. The summed E-state index contributed by atoms with van der Waals surface area (Å²) >= 11 is 0. The number of benzene rings is 3. The highest BCUT2D eigenvalue weighted by Crippen LogP contribution is 2.36. The van der Waals surface area contributed by atoms with Gasteiger partial charge in [-0.3, -0.25) is 13.9 Å². The number of anilines is 1. The summed E-state index contributed by atoms with van der Waals surface area (Å²) in [6.07, 6.45) is 1.71. The zero-order valence-corrected chi connectivity index (χ0v) is 24.9. The predicted molar refractivity (Wildman–Crippen MR) is 159 cm³/mol. The molecule has 1 aliphatic rings. The Bertz CT molecular complexity index is 1480. The molecule has 4 rings (SSSR count). The van der Waals surface area contributed by atoms with Gasteiger partial charge in [0.15, 0.2) is 11.5 Å². The molecule has 3 aromatic rings. The number of unbranched alkanes of at least 4 members (excludes halogenated alkanes) is 1. The molecule has 0 aromatic heterocycles. The van der Waals surface area contributed by atoms with Gasteiger partial charge in [0, 0.05) is 19.2 Å². The highest BCUT2D eigenvalue weighted by Gasteiger charge is 2.33. The molecule has 0 bridgehead atoms. The number of sulfonamides is 1. The monoisotopic (exact) mass is 595 g/mol. The quantitative estimate of drug-likeness (QED) is 0.297. The van der Waals surface area contributed by atoms with Gasteiger partial charge in [0.25, 0.3) is 10.0 Å². The van der Waals surface area contributed by atoms with Crippen LogP contribution in [0.2, 0.25) is 0 Å². The summed E-state index contributed by atoms with van der Waals surface area (Å²) in [6, 6.07) is 19.0. The molecule has 1 unspecified atom stereocenters. The van der Waals surface area contributed by atoms with Gasteiger partial charge in [-0.15, -0.1) is 0 Å². The molecule has 11 heteroatoms. The molecule has 1 heterocycles. The Hall–Kier alpha value is -4.25. The summed E-state index contributed by atoms with van der Waals surface area (Å²) in [5.41, 5.74) is 0.963. The fourth-order valence-electron chi connectivity index (χ4n) is 4.52. The number of ether oxygens (including phenoxy) is 3. The number of nitrogens with one attached hydrogen (secondary N) is 1. The smallest absolute Gasteiger partial charge is 0.264 e. The topological polar surface area (TPSA) is 114 Å². The molecule has 224 valence electrons. The maximum Gasteiger partial charge on any atom is 0.264 e. The third kappa shape index (κ3) is 7.33. The van der Waals surface area contributed by atoms with Crippen molar-refractivity contribution in [1.82, 2.24) is 10.2 Å². The molecule has 1 N–H and O–H groups in total. The molecule has 2 amide bonds. The molecule has 0 radical (unpaired) electrons. The Morgan fingerprint density at radius 1 is 0.976 bits per heavy atom. The van der Waals surface area contributed by atoms with Gasteiger partial charge in [-0.25, -0.2) is 8.42 Å². The summed E-state index contributed by atoms with van der Waals surface area (Å²) in [5.74, 6) is 0.605. The number of carbonyl (C=O) groups is 2. The first kappa shape index (κ1) is 30.7. The van der Waals surface area contributed by atoms with E-state index in [0.29, 0.717) is 37.0 Å². The number of methoxy groups -OCH3 is 1. The van der Waals surface area contributed by atoms with Gasteiger partial charge in [-0.2, -0.15) is 0 Å². The van der Waals surface area contributed by atoms with E-state index in [1.807, 2.05) is 13.0 Å². The van der Waals surface area contributed by atoms with Gasteiger partial charge in [-0.1, -0.05) is 43.7 Å². The first-order valence-corrected chi connectivity index (χ1v) is 15.4. The normalized spacial score (nSPS) is 13.1. The maximum atomic E-state index is 14.1. The van der Waals surface area contributed by atoms with Crippen LogP contribution in [0.3, 0.4) is 0 Å². The van der Waals surface area contributed by atoms with E-state index in [2.05, 4.69) is 5.32 Å². The Balaban J connectivity index is 1.71. The van der Waals surface area contributed by atoms with E-state index >= 15 is 0 Å². The molecule has 0 aliphatic carbocycles. The van der Waals surface area contributed by atoms with E-state index < -0.39 is 28.5 Å². The second-order valence-electron chi connectivity index (χ2n) is 9.85. The highest BCUT2D eigenvalue weighted by atomic mass is 32.2. The number of nitrogens with zero attached hydrogens (tertiary/aromatic N) is 2. The van der Waals surface area contributed by atoms with Gasteiger partial charge < -0.3 is 24.4 Å². The lowest BCUT2D eigenvalue weighted by Gasteiger charge is -2.32. The van der Waals surface area contributed by atoms with Crippen LogP contribution in [-0.4, -0.2) is 64.6 Å². The molecule has 1 aliphatic heterocycles. The number of hydrogen-bond donors (Lipinski definition) is 1. The minimum absolute atomic E-state index is 0.0254. The van der Waals surface area contributed by atoms with E-state index in [0.717, 1.165) is 22.7 Å². The van der Waals surface area contributed by atoms with Crippen molar-refractivity contribution >= 4 is 27.5 Å². The average Bonchev–Trinajstić information content (AvgIpc) is 3.02. The van der Waals surface area contributed by atoms with Gasteiger partial charge in [0.2, 0.25) is 11.8 Å². The second-order valence-corrected chi connectivity index (χ2v) is 11.7. The van der Waals surface area contributed by atoms with E-state index in [4.69, 9.17) is 14.2 Å². The van der Waals surface area contributed by atoms with Gasteiger partial charge in [0.1, 0.15) is 31.5 Å². The lowest BCUT2D eigenvalue weighted by molar-refractivity contribution is -0.139. The van der Waals surface area contributed by atoms with Crippen molar-refractivity contribution in [2.75, 3.05) is 37.7 Å². The van der Waals surface area contributed by atoms with Crippen LogP contribution in [0.5, 0.6) is 17.2 Å². The van der Waals surface area contributed by atoms with Crippen LogP contribution in [0.4, 0.5) is 5.69 Å². The minimum atomic E-state index is -4.19. The Kier molecular flexibility index (Phi) is 10.3. The molecule has 3 aromatic carbocycles. The van der Waals surface area contributed by atoms with Crippen molar-refractivity contribution in [2.24, 2.45) is 0 Å². The molecule has 0 fully saturated rings. The van der Waals surface area contributed by atoms with Crippen LogP contribution in [0.15, 0.2) is 77.7 Å². The summed E-state index contributed by atoms with van der Waals surface area (Å²) in [7, 11) is -2.64. The Labute approximate surface area is 247 Å². The van der Waals surface area contributed by atoms with Crippen molar-refractivity contribution in [1.29, 1.82) is 0 Å². The first-order valence-electron chi connectivity index (χ1n) is 13.9. The number of hydrogen-bond acceptors (Lipinski definition) is 7. The third-order valence-electron chi connectivity index (χ3n) is 6.91. The SMILES string of the molecule is CCCCNC(=O)C(C)N(Cc1cccc(OC)c1)C(=O)CN(c1ccc2c(c1)OCCO2)S(=O)(=O)c1ccccc1. The lowest BCUT2D eigenvalue weighted by atomic mass is 10.1. The van der Waals surface area contributed by atoms with Crippen molar-refractivity contribution in [2.45, 2.75) is 44.2 Å². The summed E-state index contributed by atoms with van der Waals surface area (Å²) < 4.78 is 45.6. The highest BCUT2D eigenvalue weighted by molar-refractivity contribution is 7.92. The van der Waals surface area contributed by atoms with Crippen LogP contribution in [0.25, 0.3) is 0 Å². The molecule has 0 saturated carbocycles. The summed E-state index contributed by atoms with van der Waals surface area (Å²) in [5, 5.41) is 2.88. The first-order chi connectivity index (χ1) is 20.2. The maximum absolute atomic E-state index is 14.1. The molecule has 0 spiro atoms. The number of amides is 2. The number of fused-ring (bicyclic) bond motifs is 1. The van der Waals surface area contributed by atoms with Crippen molar-refractivity contribution in [3.05, 3.63) is 78.4 Å². The van der Waals surface area contributed by atoms with Gasteiger partial charge >= 0.3 is 0 Å². The van der Waals surface area contributed by atoms with Crippen LogP contribution < -0.4 is 23.8 Å². The zero-order valence-electron chi connectivity index (χ0n) is 24.1. The largest absolute Gasteiger partial charge is 0.497 e. The average molecular weight is 596 g/mol. The number of carbonyl (C=O) groups excluding carboxylic acids is 2. The molecular formula is C31H37N3O7S. The van der Waals surface area contributed by atoms with Crippen LogP contribution in [-0.2, 0) is 26.2 Å². The van der Waals surface area contributed by atoms with E-state index in [1.54, 1.807) is 68.6 Å². The van der Waals surface area contributed by atoms with Gasteiger partial charge in [0.05, 0.1) is 17.7 Å². The number of rotatable bonds is 13. The summed E-state index contributed by atoms with van der Waals surface area (Å²) in [4.78, 5) is 28.6. The van der Waals surface area contributed by atoms with Crippen molar-refractivity contribution in [3.8, 4) is 17.2 Å². The molecule has 1 atom stereocenters. The fourth-order valence-corrected chi connectivity index (χ4v) is 5.95. The Morgan fingerprint density at radius 3 is 2.43 bits per heavy atom. The van der Waals surface area contributed by atoms with E-state index in [-0.39, 0.29) is 23.0 Å². The van der Waals surface area contributed by atoms with Crippen LogP contribution >= 0.6 is 0 Å². The summed E-state index contributed by atoms with van der Waals surface area (Å²) in [6.45, 7) is 4.36. The second kappa shape index (κ2) is 14.1. The van der Waals surface area contributed by atoms with E-state index in [9.17, 15) is 18.0 Å². The molecule has 42 heavy (non-hydrogen) atoms. The zero-order chi connectivity index (χ0) is 30.1. The van der Waals surface area contributed by atoms with Crippen molar-refractivity contribution in [3.63, 3.8) is 0 Å². The lowest BCUT2D eigenvalue weighted by Crippen LogP contribution is -2.51. The Morgan fingerprint density at radius 2 is 1.71 bits per heavy atom.